The molecule has 1 saturated carbocycles. The third kappa shape index (κ3) is 4.43. The number of ether oxygens (including phenoxy) is 1. The number of imidazole rings is 1. The van der Waals surface area contributed by atoms with Crippen molar-refractivity contribution in [2.24, 2.45) is 10.6 Å². The van der Waals surface area contributed by atoms with Crippen molar-refractivity contribution in [3.63, 3.8) is 0 Å². The van der Waals surface area contributed by atoms with E-state index < -0.39 is 15.4 Å². The highest BCUT2D eigenvalue weighted by atomic mass is 35.5. The number of aromatic nitrogens is 3. The molecule has 0 radical (unpaired) electrons. The second-order valence-electron chi connectivity index (χ2n) is 6.04. The summed E-state index contributed by atoms with van der Waals surface area (Å²) in [5, 5.41) is 9.47. The van der Waals surface area contributed by atoms with E-state index in [0.29, 0.717) is 37.2 Å². The highest BCUT2D eigenvalue weighted by molar-refractivity contribution is 7.89. The minimum absolute atomic E-state index is 0. The van der Waals surface area contributed by atoms with Crippen molar-refractivity contribution < 1.29 is 17.9 Å². The molecule has 0 atom stereocenters. The van der Waals surface area contributed by atoms with Crippen molar-refractivity contribution in [1.29, 1.82) is 0 Å². The number of ketones is 1. The van der Waals surface area contributed by atoms with E-state index in [2.05, 4.69) is 10.1 Å². The monoisotopic (exact) mass is 374 g/mol. The van der Waals surface area contributed by atoms with Gasteiger partial charge in [0.15, 0.2) is 5.65 Å². The summed E-state index contributed by atoms with van der Waals surface area (Å²) >= 11 is 0. The minimum Gasteiger partial charge on any atom is -0.476 e. The highest BCUT2D eigenvalue weighted by Gasteiger charge is 2.39. The van der Waals surface area contributed by atoms with E-state index in [1.54, 1.807) is 29.0 Å². The zero-order valence-electron chi connectivity index (χ0n) is 12.9. The molecule has 8 nitrogen and oxygen atoms in total. The number of hydrogen-bond acceptors (Lipinski definition) is 6. The molecule has 2 heterocycles. The molecule has 0 amide bonds. The fraction of sp³-hybridized carbons (Fsp3) is 0.500. The van der Waals surface area contributed by atoms with E-state index in [4.69, 9.17) is 9.88 Å². The Morgan fingerprint density at radius 1 is 1.29 bits per heavy atom. The number of carbonyl (C=O) groups is 1. The van der Waals surface area contributed by atoms with Crippen LogP contribution in [0.2, 0.25) is 0 Å². The van der Waals surface area contributed by atoms with Gasteiger partial charge in [-0.15, -0.1) is 17.5 Å². The van der Waals surface area contributed by atoms with Crippen molar-refractivity contribution in [1.82, 2.24) is 14.6 Å². The Hall–Kier alpha value is -1.71. The van der Waals surface area contributed by atoms with Crippen LogP contribution in [0.5, 0.6) is 5.88 Å². The van der Waals surface area contributed by atoms with Gasteiger partial charge in [0.1, 0.15) is 5.78 Å². The quantitative estimate of drug-likeness (QED) is 0.832. The van der Waals surface area contributed by atoms with Gasteiger partial charge in [-0.05, 0) is 18.9 Å². The summed E-state index contributed by atoms with van der Waals surface area (Å²) in [6.45, 7) is 0.157. The average Bonchev–Trinajstić information content (AvgIpc) is 2.94. The maximum Gasteiger partial charge on any atom is 0.231 e. The number of fused-ring (bicyclic) bond motifs is 1. The summed E-state index contributed by atoms with van der Waals surface area (Å²) in [6, 6.07) is 3.44. The van der Waals surface area contributed by atoms with Crippen LogP contribution in [-0.2, 0) is 14.8 Å². The first-order valence-electron chi connectivity index (χ1n) is 7.31. The van der Waals surface area contributed by atoms with Crippen molar-refractivity contribution >= 4 is 33.9 Å². The first-order valence-corrected chi connectivity index (χ1v) is 9.02. The molecule has 3 rings (SSSR count). The first kappa shape index (κ1) is 18.6. The Morgan fingerprint density at radius 2 is 2.00 bits per heavy atom. The van der Waals surface area contributed by atoms with Gasteiger partial charge in [0, 0.05) is 36.7 Å². The lowest BCUT2D eigenvalue weighted by Gasteiger charge is -2.35. The minimum atomic E-state index is -3.66. The number of nitrogens with zero attached hydrogens (tertiary/aromatic N) is 3. The van der Waals surface area contributed by atoms with Crippen molar-refractivity contribution in [3.05, 3.63) is 24.5 Å². The SMILES string of the molecule is Cl.NS(=O)(=O)CC1(COc2ccc3nccn3n2)CCC(=O)CC1. The Bertz CT molecular complexity index is 826. The van der Waals surface area contributed by atoms with Gasteiger partial charge in [0.2, 0.25) is 15.9 Å². The molecule has 0 saturated heterocycles. The maximum absolute atomic E-state index is 11.5. The van der Waals surface area contributed by atoms with E-state index in [9.17, 15) is 13.2 Å². The van der Waals surface area contributed by atoms with Crippen LogP contribution in [0.15, 0.2) is 24.5 Å². The van der Waals surface area contributed by atoms with Gasteiger partial charge in [-0.2, -0.15) is 0 Å². The molecule has 1 fully saturated rings. The molecular formula is C14H19ClN4O4S. The third-order valence-electron chi connectivity index (χ3n) is 4.13. The van der Waals surface area contributed by atoms with Crippen LogP contribution >= 0.6 is 12.4 Å². The van der Waals surface area contributed by atoms with Gasteiger partial charge in [0.25, 0.3) is 0 Å². The van der Waals surface area contributed by atoms with E-state index in [1.807, 2.05) is 0 Å². The number of primary sulfonamides is 1. The van der Waals surface area contributed by atoms with Crippen molar-refractivity contribution in [2.75, 3.05) is 12.4 Å². The van der Waals surface area contributed by atoms with Crippen LogP contribution in [0.25, 0.3) is 5.65 Å². The topological polar surface area (TPSA) is 117 Å². The standard InChI is InChI=1S/C14H18N4O4S.ClH/c15-23(20,21)10-14(5-3-11(19)4-6-14)9-22-13-2-1-12-16-7-8-18(12)17-13;/h1-2,7-8H,3-6,9-10H2,(H2,15,20,21);1H. The Morgan fingerprint density at radius 3 is 2.67 bits per heavy atom. The summed E-state index contributed by atoms with van der Waals surface area (Å²) in [7, 11) is -3.66. The molecule has 24 heavy (non-hydrogen) atoms. The average molecular weight is 375 g/mol. The Balaban J connectivity index is 0.00000208. The second-order valence-corrected chi connectivity index (χ2v) is 7.65. The normalized spacial score (nSPS) is 17.5. The van der Waals surface area contributed by atoms with Crippen molar-refractivity contribution in [2.45, 2.75) is 25.7 Å². The van der Waals surface area contributed by atoms with Crippen molar-refractivity contribution in [3.8, 4) is 5.88 Å². The molecule has 0 aromatic carbocycles. The predicted octanol–water partition coefficient (Wildman–Crippen LogP) is 0.948. The number of carbonyl (C=O) groups excluding carboxylic acids is 1. The fourth-order valence-corrected chi connectivity index (χ4v) is 4.14. The molecule has 2 aromatic rings. The molecule has 132 valence electrons. The van der Waals surface area contributed by atoms with Crippen LogP contribution in [0.4, 0.5) is 0 Å². The number of nitrogens with two attached hydrogens (primary N) is 1. The van der Waals surface area contributed by atoms with Crippen LogP contribution in [0.3, 0.4) is 0 Å². The number of sulfonamides is 1. The zero-order valence-corrected chi connectivity index (χ0v) is 14.6. The lowest BCUT2D eigenvalue weighted by Crippen LogP contribution is -2.41. The Kier molecular flexibility index (Phi) is 5.46. The zero-order chi connectivity index (χ0) is 16.5. The van der Waals surface area contributed by atoms with Crippen LogP contribution in [-0.4, -0.2) is 41.2 Å². The molecule has 0 spiro atoms. The molecule has 0 bridgehead atoms. The molecule has 0 aliphatic heterocycles. The summed E-state index contributed by atoms with van der Waals surface area (Å²) in [4.78, 5) is 15.6. The number of hydrogen-bond donors (Lipinski definition) is 1. The van der Waals surface area contributed by atoms with Gasteiger partial charge >= 0.3 is 0 Å². The van der Waals surface area contributed by atoms with Crippen LogP contribution < -0.4 is 9.88 Å². The summed E-state index contributed by atoms with van der Waals surface area (Å²) in [5.41, 5.74) is 0.0486. The van der Waals surface area contributed by atoms with Gasteiger partial charge in [-0.3, -0.25) is 4.79 Å². The number of rotatable bonds is 5. The lowest BCUT2D eigenvalue weighted by molar-refractivity contribution is -0.122. The predicted molar refractivity (Wildman–Crippen MR) is 89.6 cm³/mol. The van der Waals surface area contributed by atoms with Crippen LogP contribution in [0, 0.1) is 5.41 Å². The summed E-state index contributed by atoms with van der Waals surface area (Å²) in [5.74, 6) is 0.329. The maximum atomic E-state index is 11.5. The van der Waals surface area contributed by atoms with E-state index >= 15 is 0 Å². The second kappa shape index (κ2) is 7.04. The number of Topliss-reactive ketones (excluding diaryl/α,β-unsaturated/α-hetero) is 1. The Labute approximate surface area is 145 Å². The molecular weight excluding hydrogens is 356 g/mol. The van der Waals surface area contributed by atoms with E-state index in [1.165, 1.54) is 0 Å². The van der Waals surface area contributed by atoms with E-state index in [0.717, 1.165) is 0 Å². The van der Waals surface area contributed by atoms with E-state index in [-0.39, 0.29) is 30.6 Å². The summed E-state index contributed by atoms with van der Waals surface area (Å²) < 4.78 is 30.4. The molecule has 1 aliphatic rings. The third-order valence-corrected chi connectivity index (χ3v) is 5.15. The molecule has 10 heteroatoms. The molecule has 2 aromatic heterocycles. The van der Waals surface area contributed by atoms with Gasteiger partial charge in [0.05, 0.1) is 12.4 Å². The smallest absolute Gasteiger partial charge is 0.231 e. The molecule has 0 unspecified atom stereocenters. The highest BCUT2D eigenvalue weighted by Crippen LogP contribution is 2.36. The number of halogens is 1. The molecule has 1 aliphatic carbocycles. The first-order chi connectivity index (χ1) is 10.9. The van der Waals surface area contributed by atoms with Crippen LogP contribution in [0.1, 0.15) is 25.7 Å². The fourth-order valence-electron chi connectivity index (χ4n) is 2.92. The van der Waals surface area contributed by atoms with Gasteiger partial charge in [-0.25, -0.2) is 23.1 Å². The summed E-state index contributed by atoms with van der Waals surface area (Å²) in [6.07, 6.45) is 4.94. The largest absolute Gasteiger partial charge is 0.476 e. The molecule has 2 N–H and O–H groups in total. The van der Waals surface area contributed by atoms with Gasteiger partial charge < -0.3 is 4.74 Å². The lowest BCUT2D eigenvalue weighted by atomic mass is 9.76. The van der Waals surface area contributed by atoms with Gasteiger partial charge in [-0.1, -0.05) is 0 Å².